The number of likely N-dealkylation sites (tertiary alicyclic amines) is 1. The van der Waals surface area contributed by atoms with Crippen LogP contribution in [0.1, 0.15) is 12.8 Å². The van der Waals surface area contributed by atoms with E-state index in [0.717, 1.165) is 0 Å². The fraction of sp³-hybridized carbons (Fsp3) is 0.714. The third-order valence-corrected chi connectivity index (χ3v) is 1.98. The average Bonchev–Trinajstić information content (AvgIpc) is 2.04. The molecule has 0 aromatic carbocycles. The maximum atomic E-state index is 11.0. The van der Waals surface area contributed by atoms with Crippen molar-refractivity contribution in [3.8, 4) is 0 Å². The quantitative estimate of drug-likeness (QED) is 0.560. The molecule has 12 heavy (non-hydrogen) atoms. The number of aliphatic carboxylic acids is 1. The lowest BCUT2D eigenvalue weighted by molar-refractivity contribution is -0.138. The van der Waals surface area contributed by atoms with Crippen LogP contribution in [0.2, 0.25) is 0 Å². The van der Waals surface area contributed by atoms with Crippen LogP contribution in [0.4, 0.5) is 0 Å². The van der Waals surface area contributed by atoms with Crippen LogP contribution in [0, 0.1) is 0 Å². The van der Waals surface area contributed by atoms with Gasteiger partial charge in [0, 0.05) is 20.0 Å². The van der Waals surface area contributed by atoms with Gasteiger partial charge in [0.15, 0.2) is 0 Å². The summed E-state index contributed by atoms with van der Waals surface area (Å²) in [5, 5.41) is 8.50. The van der Waals surface area contributed by atoms with Gasteiger partial charge in [-0.25, -0.2) is 0 Å². The van der Waals surface area contributed by atoms with Crippen LogP contribution in [-0.2, 0) is 9.59 Å². The number of rotatable bonds is 2. The fourth-order valence-electron chi connectivity index (χ4n) is 1.47. The lowest BCUT2D eigenvalue weighted by atomic mass is 9.96. The Bertz CT molecular complexity index is 225. The summed E-state index contributed by atoms with van der Waals surface area (Å²) in [6.45, 7) is 0.331. The van der Waals surface area contributed by atoms with Gasteiger partial charge in [0.05, 0.1) is 12.0 Å². The van der Waals surface area contributed by atoms with Crippen LogP contribution in [0.25, 0.3) is 0 Å². The van der Waals surface area contributed by atoms with E-state index in [1.165, 1.54) is 4.90 Å². The van der Waals surface area contributed by atoms with Crippen molar-refractivity contribution >= 4 is 11.9 Å². The van der Waals surface area contributed by atoms with Gasteiger partial charge in [0.1, 0.15) is 0 Å². The predicted octanol–water partition coefficient (Wildman–Crippen LogP) is -0.979. The molecule has 68 valence electrons. The molecule has 0 saturated carbocycles. The number of hydrogen-bond acceptors (Lipinski definition) is 3. The van der Waals surface area contributed by atoms with Crippen LogP contribution in [-0.4, -0.2) is 41.0 Å². The van der Waals surface area contributed by atoms with Gasteiger partial charge in [-0.2, -0.15) is 0 Å². The molecule has 1 rings (SSSR count). The van der Waals surface area contributed by atoms with Crippen LogP contribution in [0.5, 0.6) is 0 Å². The SMILES string of the molecule is CN1CC(N)(CC(=O)O)CC1=O. The number of carboxylic acid groups (broad SMARTS) is 1. The maximum absolute atomic E-state index is 11.0. The molecule has 5 heteroatoms. The number of nitrogens with zero attached hydrogens (tertiary/aromatic N) is 1. The summed E-state index contributed by atoms with van der Waals surface area (Å²) in [5.41, 5.74) is 4.83. The molecule has 0 aliphatic carbocycles. The Labute approximate surface area is 70.1 Å². The monoisotopic (exact) mass is 172 g/mol. The summed E-state index contributed by atoms with van der Waals surface area (Å²) in [5.74, 6) is -1.04. The Morgan fingerprint density at radius 2 is 2.42 bits per heavy atom. The van der Waals surface area contributed by atoms with E-state index in [-0.39, 0.29) is 18.7 Å². The smallest absolute Gasteiger partial charge is 0.305 e. The summed E-state index contributed by atoms with van der Waals surface area (Å²) in [7, 11) is 1.62. The fourth-order valence-corrected chi connectivity index (χ4v) is 1.47. The number of nitrogens with two attached hydrogens (primary N) is 1. The lowest BCUT2D eigenvalue weighted by Gasteiger charge is -2.19. The Kier molecular flexibility index (Phi) is 2.06. The van der Waals surface area contributed by atoms with Gasteiger partial charge in [-0.05, 0) is 0 Å². The lowest BCUT2D eigenvalue weighted by Crippen LogP contribution is -2.43. The molecule has 1 amide bonds. The van der Waals surface area contributed by atoms with Crippen LogP contribution in [0.3, 0.4) is 0 Å². The topological polar surface area (TPSA) is 83.6 Å². The number of carbonyl (C=O) groups is 2. The molecule has 1 aliphatic rings. The normalized spacial score (nSPS) is 29.5. The molecular weight excluding hydrogens is 160 g/mol. The largest absolute Gasteiger partial charge is 0.481 e. The standard InChI is InChI=1S/C7H12N2O3/c1-9-4-7(8,2-5(9)10)3-6(11)12/h2-4,8H2,1H3,(H,11,12). The van der Waals surface area contributed by atoms with Crippen LogP contribution < -0.4 is 5.73 Å². The van der Waals surface area contributed by atoms with Crippen molar-refractivity contribution in [2.45, 2.75) is 18.4 Å². The number of amides is 1. The zero-order valence-electron chi connectivity index (χ0n) is 6.91. The van der Waals surface area contributed by atoms with Gasteiger partial charge in [0.2, 0.25) is 5.91 Å². The van der Waals surface area contributed by atoms with E-state index < -0.39 is 11.5 Å². The summed E-state index contributed by atoms with van der Waals surface area (Å²) < 4.78 is 0. The minimum absolute atomic E-state index is 0.0845. The number of likely N-dealkylation sites (N-methyl/N-ethyl adjacent to an activating group) is 1. The van der Waals surface area contributed by atoms with Crippen molar-refractivity contribution in [2.24, 2.45) is 5.73 Å². The molecule has 0 aromatic heterocycles. The molecule has 1 saturated heterocycles. The molecule has 5 nitrogen and oxygen atoms in total. The Morgan fingerprint density at radius 1 is 1.83 bits per heavy atom. The van der Waals surface area contributed by atoms with E-state index in [0.29, 0.717) is 6.54 Å². The Balaban J connectivity index is 2.63. The third-order valence-electron chi connectivity index (χ3n) is 1.98. The second-order valence-corrected chi connectivity index (χ2v) is 3.36. The summed E-state index contributed by atoms with van der Waals surface area (Å²) in [6.07, 6.45) is -0.0150. The molecule has 3 N–H and O–H groups in total. The highest BCUT2D eigenvalue weighted by atomic mass is 16.4. The van der Waals surface area contributed by atoms with Gasteiger partial charge >= 0.3 is 5.97 Å². The molecule has 0 bridgehead atoms. The number of carbonyl (C=O) groups excluding carboxylic acids is 1. The second-order valence-electron chi connectivity index (χ2n) is 3.36. The molecule has 0 spiro atoms. The van der Waals surface area contributed by atoms with Crippen molar-refractivity contribution in [2.75, 3.05) is 13.6 Å². The van der Waals surface area contributed by atoms with E-state index in [1.54, 1.807) is 7.05 Å². The van der Waals surface area contributed by atoms with Crippen molar-refractivity contribution in [1.82, 2.24) is 4.90 Å². The van der Waals surface area contributed by atoms with Gasteiger partial charge < -0.3 is 15.7 Å². The molecular formula is C7H12N2O3. The molecule has 1 unspecified atom stereocenters. The van der Waals surface area contributed by atoms with Crippen molar-refractivity contribution in [3.63, 3.8) is 0 Å². The second kappa shape index (κ2) is 2.75. The maximum Gasteiger partial charge on any atom is 0.305 e. The summed E-state index contributed by atoms with van der Waals surface area (Å²) in [4.78, 5) is 22.8. The molecule has 1 heterocycles. The minimum atomic E-state index is -0.958. The van der Waals surface area contributed by atoms with Crippen molar-refractivity contribution < 1.29 is 14.7 Å². The van der Waals surface area contributed by atoms with Gasteiger partial charge in [-0.15, -0.1) is 0 Å². The van der Waals surface area contributed by atoms with E-state index in [4.69, 9.17) is 10.8 Å². The van der Waals surface area contributed by atoms with Crippen LogP contribution in [0.15, 0.2) is 0 Å². The number of hydrogen-bond donors (Lipinski definition) is 2. The highest BCUT2D eigenvalue weighted by Gasteiger charge is 2.39. The van der Waals surface area contributed by atoms with Crippen molar-refractivity contribution in [3.05, 3.63) is 0 Å². The minimum Gasteiger partial charge on any atom is -0.481 e. The summed E-state index contributed by atoms with van der Waals surface area (Å²) >= 11 is 0. The predicted molar refractivity (Wildman–Crippen MR) is 41.4 cm³/mol. The zero-order valence-corrected chi connectivity index (χ0v) is 6.91. The molecule has 0 aromatic rings. The van der Waals surface area contributed by atoms with Gasteiger partial charge in [0.25, 0.3) is 0 Å². The van der Waals surface area contributed by atoms with Crippen LogP contribution >= 0.6 is 0 Å². The van der Waals surface area contributed by atoms with Gasteiger partial charge in [-0.1, -0.05) is 0 Å². The van der Waals surface area contributed by atoms with E-state index in [9.17, 15) is 9.59 Å². The van der Waals surface area contributed by atoms with E-state index in [1.807, 2.05) is 0 Å². The summed E-state index contributed by atoms with van der Waals surface area (Å²) in [6, 6.07) is 0. The molecule has 0 radical (unpaired) electrons. The first-order chi connectivity index (χ1) is 5.43. The van der Waals surface area contributed by atoms with Gasteiger partial charge in [-0.3, -0.25) is 9.59 Å². The average molecular weight is 172 g/mol. The van der Waals surface area contributed by atoms with Crippen molar-refractivity contribution in [1.29, 1.82) is 0 Å². The number of carboxylic acids is 1. The highest BCUT2D eigenvalue weighted by Crippen LogP contribution is 2.21. The first-order valence-electron chi connectivity index (χ1n) is 3.68. The van der Waals surface area contributed by atoms with E-state index >= 15 is 0 Å². The first-order valence-corrected chi connectivity index (χ1v) is 3.68. The Hall–Kier alpha value is -1.10. The first kappa shape index (κ1) is 8.99. The Morgan fingerprint density at radius 3 is 2.75 bits per heavy atom. The molecule has 1 atom stereocenters. The highest BCUT2D eigenvalue weighted by molar-refractivity contribution is 5.81. The molecule has 1 aliphatic heterocycles. The zero-order chi connectivity index (χ0) is 9.35. The van der Waals surface area contributed by atoms with E-state index in [2.05, 4.69) is 0 Å². The third kappa shape index (κ3) is 1.73. The molecule has 1 fully saturated rings.